The molecule has 1 amide bonds. The number of methoxy groups -OCH3 is 1. The van der Waals surface area contributed by atoms with Crippen LogP contribution in [0.25, 0.3) is 0 Å². The first kappa shape index (κ1) is 26.9. The Morgan fingerprint density at radius 1 is 0.964 bits per heavy atom. The van der Waals surface area contributed by atoms with Crippen LogP contribution in [0.1, 0.15) is 40.5 Å². The van der Waals surface area contributed by atoms with Gasteiger partial charge in [0.2, 0.25) is 0 Å². The number of nitrogens with one attached hydrogen (secondary N) is 4. The maximum Gasteiger partial charge on any atom is 0.252 e. The Balaban J connectivity index is 3.90. The number of aliphatic hydroxyl groups is 2. The highest BCUT2D eigenvalue weighted by Gasteiger charge is 2.41. The number of carbonyl (C=O) groups excluding carboxylic acids is 2. The minimum absolute atomic E-state index is 0.279. The third-order valence-electron chi connectivity index (χ3n) is 4.97. The molecule has 0 aromatic carbocycles. The number of ether oxygens (including phenoxy) is 1. The lowest BCUT2D eigenvalue weighted by Crippen LogP contribution is -2.53. The number of aliphatic hydroxyl groups excluding tert-OH is 2. The van der Waals surface area contributed by atoms with Crippen LogP contribution in [0.2, 0.25) is 0 Å². The number of rotatable bonds is 17. The zero-order chi connectivity index (χ0) is 21.6. The number of amides is 1. The third kappa shape index (κ3) is 9.90. The minimum Gasteiger partial charge on any atom is -0.382 e. The summed E-state index contributed by atoms with van der Waals surface area (Å²) < 4.78 is 5.11. The van der Waals surface area contributed by atoms with Crippen molar-refractivity contribution in [1.82, 2.24) is 21.3 Å². The molecule has 9 nitrogen and oxygen atoms in total. The van der Waals surface area contributed by atoms with Gasteiger partial charge in [0.05, 0.1) is 0 Å². The second-order valence-electron chi connectivity index (χ2n) is 7.10. The topological polar surface area (TPSA) is 132 Å². The average Bonchev–Trinajstić information content (AvgIpc) is 2.72. The number of hydrogen-bond donors (Lipinski definition) is 6. The van der Waals surface area contributed by atoms with E-state index >= 15 is 0 Å². The molecule has 0 aliphatic rings. The maximum atomic E-state index is 12.2. The number of ketones is 1. The predicted molar refractivity (Wildman–Crippen MR) is 109 cm³/mol. The Bertz CT molecular complexity index is 446. The van der Waals surface area contributed by atoms with Crippen molar-refractivity contribution in [1.29, 1.82) is 0 Å². The maximum absolute atomic E-state index is 12.2. The van der Waals surface area contributed by atoms with Gasteiger partial charge in [0.15, 0.2) is 18.0 Å². The van der Waals surface area contributed by atoms with Gasteiger partial charge in [-0.05, 0) is 26.7 Å². The summed E-state index contributed by atoms with van der Waals surface area (Å²) in [7, 11) is 1.35. The lowest BCUT2D eigenvalue weighted by molar-refractivity contribution is -0.158. The average molecular weight is 405 g/mol. The molecule has 0 spiro atoms. The van der Waals surface area contributed by atoms with E-state index < -0.39 is 29.5 Å². The Hall–Kier alpha value is -1.10. The van der Waals surface area contributed by atoms with Gasteiger partial charge in [-0.1, -0.05) is 13.8 Å². The summed E-state index contributed by atoms with van der Waals surface area (Å²) in [4.78, 5) is 24.1. The van der Waals surface area contributed by atoms with Crippen molar-refractivity contribution in [2.75, 3.05) is 46.4 Å². The van der Waals surface area contributed by atoms with Crippen LogP contribution < -0.4 is 21.3 Å². The molecule has 0 fully saturated rings. The summed E-state index contributed by atoms with van der Waals surface area (Å²) in [5.74, 6) is -1.50. The highest BCUT2D eigenvalue weighted by Crippen LogP contribution is 2.18. The molecule has 0 aliphatic carbocycles. The Kier molecular flexibility index (Phi) is 14.3. The van der Waals surface area contributed by atoms with Gasteiger partial charge >= 0.3 is 0 Å². The van der Waals surface area contributed by atoms with Gasteiger partial charge in [-0.25, -0.2) is 0 Å². The van der Waals surface area contributed by atoms with E-state index in [9.17, 15) is 19.8 Å². The first-order valence-electron chi connectivity index (χ1n) is 10.1. The van der Waals surface area contributed by atoms with Crippen molar-refractivity contribution in [3.63, 3.8) is 0 Å². The van der Waals surface area contributed by atoms with E-state index in [0.29, 0.717) is 19.0 Å². The van der Waals surface area contributed by atoms with E-state index in [1.165, 1.54) is 14.0 Å². The van der Waals surface area contributed by atoms with Gasteiger partial charge in [-0.3, -0.25) is 9.59 Å². The summed E-state index contributed by atoms with van der Waals surface area (Å²) in [5, 5.41) is 32.2. The summed E-state index contributed by atoms with van der Waals surface area (Å²) in [6, 6.07) is 0.526. The number of Topliss-reactive ketones (excluding diaryl/α,β-unsaturated/α-hetero) is 1. The van der Waals surface area contributed by atoms with Crippen LogP contribution >= 0.6 is 0 Å². The first-order chi connectivity index (χ1) is 13.2. The van der Waals surface area contributed by atoms with E-state index in [2.05, 4.69) is 35.1 Å². The molecule has 2 unspecified atom stereocenters. The molecular formula is C19H40N4O5. The molecule has 0 aromatic rings. The molecule has 0 radical (unpaired) electrons. The van der Waals surface area contributed by atoms with Crippen LogP contribution in [0.3, 0.4) is 0 Å². The highest BCUT2D eigenvalue weighted by atomic mass is 16.5. The van der Waals surface area contributed by atoms with Crippen LogP contribution in [-0.2, 0) is 14.3 Å². The van der Waals surface area contributed by atoms with Gasteiger partial charge < -0.3 is 36.2 Å². The predicted octanol–water partition coefficient (Wildman–Crippen LogP) is -1.22. The highest BCUT2D eigenvalue weighted by molar-refractivity contribution is 5.96. The lowest BCUT2D eigenvalue weighted by atomic mass is 9.91. The zero-order valence-electron chi connectivity index (χ0n) is 18.0. The Morgan fingerprint density at radius 2 is 1.50 bits per heavy atom. The van der Waals surface area contributed by atoms with E-state index in [1.54, 1.807) is 6.92 Å². The molecular weight excluding hydrogens is 364 g/mol. The van der Waals surface area contributed by atoms with Crippen molar-refractivity contribution in [3.05, 3.63) is 0 Å². The first-order valence-corrected chi connectivity index (χ1v) is 10.1. The third-order valence-corrected chi connectivity index (χ3v) is 4.97. The normalized spacial score (nSPS) is 16.8. The van der Waals surface area contributed by atoms with E-state index in [4.69, 9.17) is 4.74 Å². The molecule has 0 heterocycles. The van der Waals surface area contributed by atoms with Crippen LogP contribution in [0, 0.1) is 0 Å². The Labute approximate surface area is 169 Å². The number of hydrogen-bond acceptors (Lipinski definition) is 8. The SMILES string of the molecule is CCC(C)NCCNCCNCCNC(=O)[C@H](O)[C@@H](O)C(=O)C(C)(CC)OC. The molecule has 0 bridgehead atoms. The van der Waals surface area contributed by atoms with Crippen molar-refractivity contribution in [3.8, 4) is 0 Å². The Morgan fingerprint density at radius 3 is 2.00 bits per heavy atom. The van der Waals surface area contributed by atoms with E-state index in [0.717, 1.165) is 32.6 Å². The molecule has 9 heteroatoms. The molecule has 4 atom stereocenters. The molecule has 0 aliphatic heterocycles. The van der Waals surface area contributed by atoms with Gasteiger partial charge in [0.1, 0.15) is 5.60 Å². The largest absolute Gasteiger partial charge is 0.382 e. The van der Waals surface area contributed by atoms with E-state index in [1.807, 2.05) is 0 Å². The van der Waals surface area contributed by atoms with Gasteiger partial charge in [0, 0.05) is 52.4 Å². The molecule has 0 saturated carbocycles. The fourth-order valence-electron chi connectivity index (χ4n) is 2.38. The monoisotopic (exact) mass is 404 g/mol. The fourth-order valence-corrected chi connectivity index (χ4v) is 2.38. The minimum atomic E-state index is -1.83. The van der Waals surface area contributed by atoms with Crippen LogP contribution in [0.4, 0.5) is 0 Å². The molecule has 0 aromatic heterocycles. The summed E-state index contributed by atoms with van der Waals surface area (Å²) in [6.07, 6.45) is -2.23. The van der Waals surface area contributed by atoms with Crippen molar-refractivity contribution in [2.45, 2.75) is 64.4 Å². The van der Waals surface area contributed by atoms with Crippen molar-refractivity contribution >= 4 is 11.7 Å². The fraction of sp³-hybridized carbons (Fsp3) is 0.895. The summed E-state index contributed by atoms with van der Waals surface area (Å²) >= 11 is 0. The van der Waals surface area contributed by atoms with Gasteiger partial charge in [0.25, 0.3) is 5.91 Å². The molecule has 166 valence electrons. The lowest BCUT2D eigenvalue weighted by Gasteiger charge is -2.28. The van der Waals surface area contributed by atoms with Crippen LogP contribution in [0.15, 0.2) is 0 Å². The quantitative estimate of drug-likeness (QED) is 0.166. The smallest absolute Gasteiger partial charge is 0.252 e. The van der Waals surface area contributed by atoms with E-state index in [-0.39, 0.29) is 6.54 Å². The standard InChI is InChI=1S/C19H40N4O5/c1-6-14(3)22-12-10-20-8-9-21-11-13-23-18(27)16(25)15(24)17(26)19(4,7-2)28-5/h14-16,20-22,24-25H,6-13H2,1-5H3,(H,23,27)/t14?,15-,16-,19?/m1/s1. The molecule has 0 rings (SSSR count). The zero-order valence-corrected chi connectivity index (χ0v) is 18.0. The second-order valence-corrected chi connectivity index (χ2v) is 7.10. The van der Waals surface area contributed by atoms with Crippen molar-refractivity contribution < 1.29 is 24.5 Å². The summed E-state index contributed by atoms with van der Waals surface area (Å²) in [6.45, 7) is 11.7. The van der Waals surface area contributed by atoms with Gasteiger partial charge in [-0.15, -0.1) is 0 Å². The van der Waals surface area contributed by atoms with Crippen molar-refractivity contribution in [2.24, 2.45) is 0 Å². The number of carbonyl (C=O) groups is 2. The second kappa shape index (κ2) is 14.8. The van der Waals surface area contributed by atoms with Crippen LogP contribution in [-0.4, -0.2) is 92.1 Å². The summed E-state index contributed by atoms with van der Waals surface area (Å²) in [5.41, 5.74) is -1.24. The van der Waals surface area contributed by atoms with Gasteiger partial charge in [-0.2, -0.15) is 0 Å². The molecule has 0 saturated heterocycles. The molecule has 6 N–H and O–H groups in total. The van der Waals surface area contributed by atoms with Crippen LogP contribution in [0.5, 0.6) is 0 Å². The molecule has 28 heavy (non-hydrogen) atoms.